The Bertz CT molecular complexity index is 424. The van der Waals surface area contributed by atoms with Crippen LogP contribution >= 0.6 is 0 Å². The molecular formula is C18H26O3Si. The highest BCUT2D eigenvalue weighted by Crippen LogP contribution is 2.17. The Morgan fingerprint density at radius 1 is 0.591 bits per heavy atom. The fourth-order valence-electron chi connectivity index (χ4n) is 1.81. The van der Waals surface area contributed by atoms with E-state index in [0.29, 0.717) is 19.8 Å². The van der Waals surface area contributed by atoms with E-state index in [0.717, 1.165) is 0 Å². The van der Waals surface area contributed by atoms with Crippen LogP contribution in [-0.2, 0) is 13.3 Å². The van der Waals surface area contributed by atoms with Crippen LogP contribution in [0.3, 0.4) is 0 Å². The zero-order valence-electron chi connectivity index (χ0n) is 13.7. The topological polar surface area (TPSA) is 27.7 Å². The molecule has 0 amide bonds. The zero-order valence-corrected chi connectivity index (χ0v) is 14.9. The van der Waals surface area contributed by atoms with Crippen molar-refractivity contribution in [1.29, 1.82) is 0 Å². The Morgan fingerprint density at radius 3 is 1.18 bits per heavy atom. The first-order valence-corrected chi connectivity index (χ1v) is 9.18. The van der Waals surface area contributed by atoms with Crippen LogP contribution in [0.2, 0.25) is 0 Å². The van der Waals surface area contributed by atoms with E-state index in [9.17, 15) is 0 Å². The molecule has 0 fully saturated rings. The van der Waals surface area contributed by atoms with E-state index in [1.54, 1.807) is 0 Å². The quantitative estimate of drug-likeness (QED) is 0.717. The third-order valence-electron chi connectivity index (χ3n) is 2.79. The molecule has 0 aliphatic carbocycles. The molecule has 22 heavy (non-hydrogen) atoms. The highest BCUT2D eigenvalue weighted by Gasteiger charge is 2.11. The van der Waals surface area contributed by atoms with Crippen molar-refractivity contribution < 1.29 is 13.3 Å². The van der Waals surface area contributed by atoms with Crippen LogP contribution in [0.5, 0.6) is 0 Å². The molecule has 2 aromatic rings. The molecule has 2 aromatic carbocycles. The molecule has 4 heteroatoms. The van der Waals surface area contributed by atoms with Gasteiger partial charge in [0.1, 0.15) is 0 Å². The zero-order chi connectivity index (χ0) is 16.0. The molecular weight excluding hydrogens is 292 g/mol. The van der Waals surface area contributed by atoms with E-state index in [2.05, 4.69) is 48.5 Å². The summed E-state index contributed by atoms with van der Waals surface area (Å²) in [5.74, 6) is 0. The smallest absolute Gasteiger partial charge is 0.376 e. The van der Waals surface area contributed by atoms with E-state index in [4.69, 9.17) is 13.3 Å². The summed E-state index contributed by atoms with van der Waals surface area (Å²) in [6.45, 7) is 7.86. The van der Waals surface area contributed by atoms with Gasteiger partial charge in [0, 0.05) is 19.8 Å². The first kappa shape index (κ1) is 18.6. The van der Waals surface area contributed by atoms with Gasteiger partial charge in [0.15, 0.2) is 0 Å². The van der Waals surface area contributed by atoms with Gasteiger partial charge in [-0.05, 0) is 31.9 Å². The SMILES string of the molecule is CCO[SiH](OCC)OCC.c1ccc(-c2ccccc2)cc1. The van der Waals surface area contributed by atoms with Crippen LogP contribution in [0.4, 0.5) is 0 Å². The Balaban J connectivity index is 0.000000225. The second kappa shape index (κ2) is 12.1. The maximum Gasteiger partial charge on any atom is 0.484 e. The number of hydrogen-bond donors (Lipinski definition) is 0. The molecule has 0 bridgehead atoms. The molecule has 3 nitrogen and oxygen atoms in total. The first-order valence-electron chi connectivity index (χ1n) is 7.77. The van der Waals surface area contributed by atoms with Gasteiger partial charge in [0.05, 0.1) is 0 Å². The summed E-state index contributed by atoms with van der Waals surface area (Å²) >= 11 is 0. The Kier molecular flexibility index (Phi) is 10.2. The van der Waals surface area contributed by atoms with E-state index < -0.39 is 9.53 Å². The summed E-state index contributed by atoms with van der Waals surface area (Å²) in [6, 6.07) is 20.8. The molecule has 0 saturated heterocycles. The van der Waals surface area contributed by atoms with E-state index in [-0.39, 0.29) is 0 Å². The van der Waals surface area contributed by atoms with Gasteiger partial charge in [-0.1, -0.05) is 60.7 Å². The summed E-state index contributed by atoms with van der Waals surface area (Å²) in [5.41, 5.74) is 2.55. The monoisotopic (exact) mass is 318 g/mol. The van der Waals surface area contributed by atoms with Crippen molar-refractivity contribution >= 4 is 9.53 Å². The number of rotatable bonds is 7. The fourth-order valence-corrected chi connectivity index (χ4v) is 2.92. The largest absolute Gasteiger partial charge is 0.484 e. The highest BCUT2D eigenvalue weighted by molar-refractivity contribution is 6.36. The van der Waals surface area contributed by atoms with E-state index in [1.165, 1.54) is 11.1 Å². The molecule has 2 rings (SSSR count). The fraction of sp³-hybridized carbons (Fsp3) is 0.333. The first-order chi connectivity index (χ1) is 10.8. The molecule has 0 saturated carbocycles. The van der Waals surface area contributed by atoms with Crippen molar-refractivity contribution in [3.8, 4) is 11.1 Å². The third kappa shape index (κ3) is 7.52. The van der Waals surface area contributed by atoms with Crippen molar-refractivity contribution in [2.24, 2.45) is 0 Å². The maximum atomic E-state index is 5.22. The van der Waals surface area contributed by atoms with Crippen molar-refractivity contribution in [3.05, 3.63) is 60.7 Å². The molecule has 0 atom stereocenters. The Morgan fingerprint density at radius 2 is 0.909 bits per heavy atom. The molecule has 0 aliphatic rings. The van der Waals surface area contributed by atoms with Gasteiger partial charge in [-0.15, -0.1) is 0 Å². The molecule has 0 N–H and O–H groups in total. The summed E-state index contributed by atoms with van der Waals surface area (Å²) in [6.07, 6.45) is 0. The maximum absolute atomic E-state index is 5.22. The molecule has 0 unspecified atom stereocenters. The number of benzene rings is 2. The van der Waals surface area contributed by atoms with Gasteiger partial charge in [-0.3, -0.25) is 0 Å². The summed E-state index contributed by atoms with van der Waals surface area (Å²) in [4.78, 5) is 0. The average Bonchev–Trinajstić information content (AvgIpc) is 2.58. The van der Waals surface area contributed by atoms with Crippen LogP contribution in [-0.4, -0.2) is 29.3 Å². The minimum atomic E-state index is -1.73. The second-order valence-corrected chi connectivity index (χ2v) is 5.96. The molecule has 0 aliphatic heterocycles. The van der Waals surface area contributed by atoms with Gasteiger partial charge >= 0.3 is 9.53 Å². The lowest BCUT2D eigenvalue weighted by atomic mass is 10.1. The highest BCUT2D eigenvalue weighted by atomic mass is 28.3. The molecule has 120 valence electrons. The summed E-state index contributed by atoms with van der Waals surface area (Å²) in [5, 5.41) is 0. The second-order valence-electron chi connectivity index (χ2n) is 4.39. The normalized spacial score (nSPS) is 10.2. The van der Waals surface area contributed by atoms with Gasteiger partial charge < -0.3 is 13.3 Å². The molecule has 0 aromatic heterocycles. The molecule has 0 radical (unpaired) electrons. The van der Waals surface area contributed by atoms with Gasteiger partial charge in [0.2, 0.25) is 0 Å². The van der Waals surface area contributed by atoms with Crippen LogP contribution < -0.4 is 0 Å². The van der Waals surface area contributed by atoms with Gasteiger partial charge in [0.25, 0.3) is 0 Å². The van der Waals surface area contributed by atoms with Crippen molar-refractivity contribution in [2.75, 3.05) is 19.8 Å². The summed E-state index contributed by atoms with van der Waals surface area (Å²) in [7, 11) is -1.73. The average molecular weight is 318 g/mol. The minimum absolute atomic E-state index is 0.677. The van der Waals surface area contributed by atoms with Gasteiger partial charge in [-0.25, -0.2) is 0 Å². The van der Waals surface area contributed by atoms with E-state index in [1.807, 2.05) is 32.9 Å². The van der Waals surface area contributed by atoms with Crippen LogP contribution in [0.25, 0.3) is 11.1 Å². The number of hydrogen-bond acceptors (Lipinski definition) is 3. The van der Waals surface area contributed by atoms with Crippen LogP contribution in [0, 0.1) is 0 Å². The Labute approximate surface area is 135 Å². The van der Waals surface area contributed by atoms with E-state index >= 15 is 0 Å². The predicted molar refractivity (Wildman–Crippen MR) is 93.9 cm³/mol. The van der Waals surface area contributed by atoms with Gasteiger partial charge in [-0.2, -0.15) is 0 Å². The minimum Gasteiger partial charge on any atom is -0.376 e. The predicted octanol–water partition coefficient (Wildman–Crippen LogP) is 4.17. The van der Waals surface area contributed by atoms with Crippen LogP contribution in [0.1, 0.15) is 20.8 Å². The summed E-state index contributed by atoms with van der Waals surface area (Å²) < 4.78 is 15.7. The molecule has 0 heterocycles. The third-order valence-corrected chi connectivity index (χ3v) is 4.61. The lowest BCUT2D eigenvalue weighted by Crippen LogP contribution is -2.27. The van der Waals surface area contributed by atoms with Crippen molar-refractivity contribution in [2.45, 2.75) is 20.8 Å². The van der Waals surface area contributed by atoms with Crippen molar-refractivity contribution in [3.63, 3.8) is 0 Å². The Hall–Kier alpha value is -1.46. The standard InChI is InChI=1S/C12H10.C6H16O3Si/c1-3-7-11(8-4-1)12-9-5-2-6-10-12;1-4-7-10(8-5-2)9-6-3/h1-10H;10H,4-6H2,1-3H3. The molecule has 0 spiro atoms. The lowest BCUT2D eigenvalue weighted by Gasteiger charge is -2.12. The lowest BCUT2D eigenvalue weighted by molar-refractivity contribution is 0.107. The van der Waals surface area contributed by atoms with Crippen molar-refractivity contribution in [1.82, 2.24) is 0 Å². The van der Waals surface area contributed by atoms with Crippen LogP contribution in [0.15, 0.2) is 60.7 Å².